The molecule has 2 aromatic carbocycles. The molecule has 51 heavy (non-hydrogen) atoms. The summed E-state index contributed by atoms with van der Waals surface area (Å²) < 4.78 is 52.1. The third kappa shape index (κ3) is 8.01. The number of hydrogen-bond donors (Lipinski definition) is 2. The molecule has 0 spiro atoms. The van der Waals surface area contributed by atoms with Crippen LogP contribution in [0.3, 0.4) is 0 Å². The molecule has 6 atom stereocenters. The van der Waals surface area contributed by atoms with Crippen LogP contribution in [0.2, 0.25) is 0 Å². The average Bonchev–Trinajstić information content (AvgIpc) is 3.64. The lowest BCUT2D eigenvalue weighted by atomic mass is 9.92. The number of rotatable bonds is 14. The number of ether oxygens (including phenoxy) is 4. The molecular formula is C35H44N5O10P. The molecule has 1 saturated heterocycles. The standard InChI is InChI=1S/C35H44N5O10P/c1-8-45-34(43)22(6)39-51(44,50-26-15-11-13-23-12-9-10-14-24(23)26)46-18-27-29(47-32(41)20(2)3)30(48-33(42)21(4)5)35(7,49-27)28-17-16-25-31(36)37-19-38-40(25)28/h9-17,19-22,27,29-30H,8,18H2,1-7H3,(H,39,44)(H2,36,37,38)/t22-,27+,29+,30+,35-,51?/m0/s1. The number of anilines is 1. The van der Waals surface area contributed by atoms with Gasteiger partial charge in [0.1, 0.15) is 35.3 Å². The van der Waals surface area contributed by atoms with E-state index in [1.807, 2.05) is 18.2 Å². The van der Waals surface area contributed by atoms with Gasteiger partial charge in [-0.25, -0.2) is 14.1 Å². The van der Waals surface area contributed by atoms with Gasteiger partial charge in [-0.2, -0.15) is 10.2 Å². The van der Waals surface area contributed by atoms with Crippen LogP contribution in [0.4, 0.5) is 5.82 Å². The first-order chi connectivity index (χ1) is 24.2. The summed E-state index contributed by atoms with van der Waals surface area (Å²) in [7, 11) is -4.44. The van der Waals surface area contributed by atoms with Crippen LogP contribution in [0.1, 0.15) is 54.2 Å². The highest BCUT2D eigenvalue weighted by atomic mass is 31.2. The summed E-state index contributed by atoms with van der Waals surface area (Å²) in [6.07, 6.45) is -2.40. The van der Waals surface area contributed by atoms with E-state index in [4.69, 9.17) is 33.7 Å². The van der Waals surface area contributed by atoms with E-state index >= 15 is 0 Å². The molecule has 1 aliphatic heterocycles. The SMILES string of the molecule is CCOC(=O)[C@H](C)NP(=O)(OC[C@H]1O[C@@](C)(c2ccc3c(N)ncnn23)[C@H](OC(=O)C(C)C)[C@@H]1OC(=O)C(C)C)Oc1cccc2ccccc12. The fourth-order valence-corrected chi connectivity index (χ4v) is 7.21. The van der Waals surface area contributed by atoms with Gasteiger partial charge in [-0.05, 0) is 44.4 Å². The monoisotopic (exact) mass is 725 g/mol. The Kier molecular flexibility index (Phi) is 11.3. The van der Waals surface area contributed by atoms with Crippen molar-refractivity contribution < 1.29 is 46.9 Å². The molecule has 5 rings (SSSR count). The van der Waals surface area contributed by atoms with Crippen LogP contribution in [-0.4, -0.2) is 70.1 Å². The Balaban J connectivity index is 1.56. The molecule has 15 nitrogen and oxygen atoms in total. The van der Waals surface area contributed by atoms with Gasteiger partial charge in [0, 0.05) is 5.39 Å². The first kappa shape index (κ1) is 37.7. The van der Waals surface area contributed by atoms with E-state index in [9.17, 15) is 18.9 Å². The first-order valence-electron chi connectivity index (χ1n) is 16.7. The van der Waals surface area contributed by atoms with Gasteiger partial charge in [0.05, 0.1) is 30.7 Å². The quantitative estimate of drug-likeness (QED) is 0.101. The van der Waals surface area contributed by atoms with Crippen LogP contribution in [0.25, 0.3) is 16.3 Å². The fraction of sp³-hybridized carbons (Fsp3) is 0.457. The normalized spacial score (nSPS) is 22.2. The molecule has 274 valence electrons. The lowest BCUT2D eigenvalue weighted by molar-refractivity contribution is -0.175. The number of nitrogens with one attached hydrogen (secondary N) is 1. The molecule has 0 bridgehead atoms. The Morgan fingerprint density at radius 2 is 1.67 bits per heavy atom. The maximum Gasteiger partial charge on any atom is 0.459 e. The number of esters is 3. The van der Waals surface area contributed by atoms with Crippen molar-refractivity contribution in [3.8, 4) is 5.75 Å². The van der Waals surface area contributed by atoms with Gasteiger partial charge in [0.2, 0.25) is 0 Å². The van der Waals surface area contributed by atoms with Crippen LogP contribution in [0, 0.1) is 11.8 Å². The Morgan fingerprint density at radius 3 is 2.37 bits per heavy atom. The van der Waals surface area contributed by atoms with Crippen LogP contribution in [0.5, 0.6) is 5.75 Å². The van der Waals surface area contributed by atoms with Gasteiger partial charge in [-0.1, -0.05) is 64.1 Å². The smallest absolute Gasteiger partial charge is 0.459 e. The molecule has 3 heterocycles. The van der Waals surface area contributed by atoms with Gasteiger partial charge in [0.15, 0.2) is 18.0 Å². The zero-order valence-electron chi connectivity index (χ0n) is 29.6. The molecule has 4 aromatic rings. The van der Waals surface area contributed by atoms with Crippen LogP contribution < -0.4 is 15.3 Å². The number of fused-ring (bicyclic) bond motifs is 2. The lowest BCUT2D eigenvalue weighted by Gasteiger charge is -2.31. The highest BCUT2D eigenvalue weighted by molar-refractivity contribution is 7.52. The zero-order valence-corrected chi connectivity index (χ0v) is 30.5. The van der Waals surface area contributed by atoms with E-state index in [1.54, 1.807) is 77.9 Å². The van der Waals surface area contributed by atoms with Crippen molar-refractivity contribution in [3.05, 3.63) is 66.6 Å². The summed E-state index contributed by atoms with van der Waals surface area (Å²) >= 11 is 0. The minimum atomic E-state index is -4.44. The molecular weight excluding hydrogens is 681 g/mol. The van der Waals surface area contributed by atoms with Crippen molar-refractivity contribution in [2.45, 2.75) is 78.4 Å². The molecule has 1 unspecified atom stereocenters. The number of nitrogens with zero attached hydrogens (tertiary/aromatic N) is 3. The Bertz CT molecular complexity index is 1950. The van der Waals surface area contributed by atoms with Gasteiger partial charge in [-0.15, -0.1) is 0 Å². The number of nitrogen functional groups attached to an aromatic ring is 1. The second-order valence-corrected chi connectivity index (χ2v) is 14.7. The van der Waals surface area contributed by atoms with Crippen molar-refractivity contribution in [1.29, 1.82) is 0 Å². The summed E-state index contributed by atoms with van der Waals surface area (Å²) in [5.41, 5.74) is 5.48. The molecule has 2 aromatic heterocycles. The minimum absolute atomic E-state index is 0.0963. The first-order valence-corrected chi connectivity index (χ1v) is 18.3. The molecule has 0 radical (unpaired) electrons. The largest absolute Gasteiger partial charge is 0.465 e. The summed E-state index contributed by atoms with van der Waals surface area (Å²) in [5.74, 6) is -2.54. The van der Waals surface area contributed by atoms with Crippen LogP contribution in [0.15, 0.2) is 60.9 Å². The third-order valence-electron chi connectivity index (χ3n) is 8.40. The van der Waals surface area contributed by atoms with E-state index in [-0.39, 0.29) is 18.2 Å². The molecule has 0 saturated carbocycles. The molecule has 0 amide bonds. The average molecular weight is 726 g/mol. The molecule has 1 aliphatic rings. The van der Waals surface area contributed by atoms with Crippen molar-refractivity contribution >= 4 is 47.8 Å². The van der Waals surface area contributed by atoms with E-state index < -0.39 is 74.1 Å². The second-order valence-electron chi connectivity index (χ2n) is 13.0. The summed E-state index contributed by atoms with van der Waals surface area (Å²) in [4.78, 5) is 43.1. The minimum Gasteiger partial charge on any atom is -0.465 e. The highest BCUT2D eigenvalue weighted by Gasteiger charge is 2.59. The van der Waals surface area contributed by atoms with Crippen LogP contribution in [-0.2, 0) is 48.0 Å². The van der Waals surface area contributed by atoms with Crippen molar-refractivity contribution in [2.75, 3.05) is 18.9 Å². The number of nitrogens with two attached hydrogens (primary N) is 1. The van der Waals surface area contributed by atoms with Gasteiger partial charge in [0.25, 0.3) is 0 Å². The second kappa shape index (κ2) is 15.4. The van der Waals surface area contributed by atoms with Crippen molar-refractivity contribution in [3.63, 3.8) is 0 Å². The van der Waals surface area contributed by atoms with Gasteiger partial charge in [-0.3, -0.25) is 18.9 Å². The predicted octanol–water partition coefficient (Wildman–Crippen LogP) is 4.96. The Morgan fingerprint density at radius 1 is 0.980 bits per heavy atom. The molecule has 0 aliphatic carbocycles. The Labute approximate surface area is 295 Å². The van der Waals surface area contributed by atoms with E-state index in [2.05, 4.69) is 15.2 Å². The molecule has 1 fully saturated rings. The molecule has 3 N–H and O–H groups in total. The maximum atomic E-state index is 14.6. The highest BCUT2D eigenvalue weighted by Crippen LogP contribution is 2.49. The van der Waals surface area contributed by atoms with E-state index in [0.29, 0.717) is 16.6 Å². The van der Waals surface area contributed by atoms with E-state index in [0.717, 1.165) is 5.39 Å². The molecule has 16 heteroatoms. The fourth-order valence-electron chi connectivity index (χ4n) is 5.69. The topological polar surface area (TPSA) is 192 Å². The van der Waals surface area contributed by atoms with Gasteiger partial charge >= 0.3 is 25.7 Å². The number of hydrogen-bond acceptors (Lipinski definition) is 13. The predicted molar refractivity (Wildman–Crippen MR) is 186 cm³/mol. The summed E-state index contributed by atoms with van der Waals surface area (Å²) in [5, 5.41) is 8.49. The van der Waals surface area contributed by atoms with Crippen LogP contribution >= 0.6 is 7.75 Å². The van der Waals surface area contributed by atoms with Gasteiger partial charge < -0.3 is 29.2 Å². The number of carbonyl (C=O) groups excluding carboxylic acids is 3. The number of benzene rings is 2. The number of aromatic nitrogens is 3. The zero-order chi connectivity index (χ0) is 37.1. The number of carbonyl (C=O) groups is 3. The maximum absolute atomic E-state index is 14.6. The van der Waals surface area contributed by atoms with E-state index in [1.165, 1.54) is 17.8 Å². The third-order valence-corrected chi connectivity index (χ3v) is 10.0. The van der Waals surface area contributed by atoms with Crippen molar-refractivity contribution in [1.82, 2.24) is 19.7 Å². The lowest BCUT2D eigenvalue weighted by Crippen LogP contribution is -2.46. The van der Waals surface area contributed by atoms with Crippen molar-refractivity contribution in [2.24, 2.45) is 11.8 Å². The summed E-state index contributed by atoms with van der Waals surface area (Å²) in [6, 6.07) is 14.8. The Hall–Kier alpha value is -4.56. The summed E-state index contributed by atoms with van der Waals surface area (Å²) in [6.45, 7) is 11.0.